The number of rotatable bonds is 5. The molecule has 0 spiro atoms. The minimum absolute atomic E-state index is 0.0221. The van der Waals surface area contributed by atoms with Gasteiger partial charge in [-0.25, -0.2) is 4.68 Å². The van der Waals surface area contributed by atoms with E-state index in [0.717, 1.165) is 28.7 Å². The molecule has 0 aliphatic heterocycles. The molecule has 0 amide bonds. The van der Waals surface area contributed by atoms with E-state index in [0.29, 0.717) is 6.42 Å². The molecule has 0 aliphatic rings. The average molecular weight is 318 g/mol. The van der Waals surface area contributed by atoms with E-state index >= 15 is 0 Å². The minimum Gasteiger partial charge on any atom is -0.327 e. The highest BCUT2D eigenvalue weighted by molar-refractivity contribution is 5.80. The fourth-order valence-electron chi connectivity index (χ4n) is 2.85. The molecule has 6 nitrogen and oxygen atoms in total. The summed E-state index contributed by atoms with van der Waals surface area (Å²) in [6.07, 6.45) is 5.26. The molecule has 0 fully saturated rings. The van der Waals surface area contributed by atoms with Crippen LogP contribution >= 0.6 is 0 Å². The SMILES string of the molecule is NC(Cc1ccccc1)Cc1cn(-c2ccc3[nH]ncc3c2)nn1. The summed E-state index contributed by atoms with van der Waals surface area (Å²) in [5.74, 6) is 0. The standard InChI is InChI=1S/C18H18N6/c19-15(8-13-4-2-1-3-5-13)10-16-12-24(23-21-16)17-6-7-18-14(9-17)11-20-22-18/h1-7,9,11-12,15H,8,10,19H2,(H,20,22). The fraction of sp³-hybridized carbons (Fsp3) is 0.167. The van der Waals surface area contributed by atoms with Crippen molar-refractivity contribution in [3.05, 3.63) is 72.2 Å². The molecule has 1 atom stereocenters. The molecule has 0 aliphatic carbocycles. The average Bonchev–Trinajstić information content (AvgIpc) is 3.24. The van der Waals surface area contributed by atoms with Crippen molar-refractivity contribution in [3.8, 4) is 5.69 Å². The highest BCUT2D eigenvalue weighted by Crippen LogP contribution is 2.16. The molecule has 4 aromatic rings. The fourth-order valence-corrected chi connectivity index (χ4v) is 2.85. The Morgan fingerprint density at radius 3 is 2.83 bits per heavy atom. The van der Waals surface area contributed by atoms with Crippen molar-refractivity contribution >= 4 is 10.9 Å². The van der Waals surface area contributed by atoms with E-state index in [4.69, 9.17) is 5.73 Å². The highest BCUT2D eigenvalue weighted by Gasteiger charge is 2.10. The zero-order valence-corrected chi connectivity index (χ0v) is 13.1. The van der Waals surface area contributed by atoms with E-state index in [-0.39, 0.29) is 6.04 Å². The monoisotopic (exact) mass is 318 g/mol. The van der Waals surface area contributed by atoms with E-state index < -0.39 is 0 Å². The number of hydrogen-bond acceptors (Lipinski definition) is 4. The number of nitrogens with zero attached hydrogens (tertiary/aromatic N) is 4. The van der Waals surface area contributed by atoms with Crippen LogP contribution in [0.4, 0.5) is 0 Å². The van der Waals surface area contributed by atoms with Crippen LogP contribution in [0.5, 0.6) is 0 Å². The summed E-state index contributed by atoms with van der Waals surface area (Å²) in [7, 11) is 0. The van der Waals surface area contributed by atoms with Crippen LogP contribution in [0.3, 0.4) is 0 Å². The summed E-state index contributed by atoms with van der Waals surface area (Å²) in [4.78, 5) is 0. The summed E-state index contributed by atoms with van der Waals surface area (Å²) in [5.41, 5.74) is 10.4. The van der Waals surface area contributed by atoms with Gasteiger partial charge >= 0.3 is 0 Å². The lowest BCUT2D eigenvalue weighted by molar-refractivity contribution is 0.652. The molecule has 2 aromatic heterocycles. The second kappa shape index (κ2) is 6.25. The molecule has 24 heavy (non-hydrogen) atoms. The van der Waals surface area contributed by atoms with Gasteiger partial charge in [0.15, 0.2) is 0 Å². The van der Waals surface area contributed by atoms with Crippen LogP contribution in [0.1, 0.15) is 11.3 Å². The van der Waals surface area contributed by atoms with E-state index in [1.807, 2.05) is 42.6 Å². The van der Waals surface area contributed by atoms with Crippen LogP contribution in [0.2, 0.25) is 0 Å². The highest BCUT2D eigenvalue weighted by atomic mass is 15.4. The van der Waals surface area contributed by atoms with Crippen LogP contribution in [0.15, 0.2) is 60.9 Å². The summed E-state index contributed by atoms with van der Waals surface area (Å²) < 4.78 is 1.77. The van der Waals surface area contributed by atoms with Gasteiger partial charge in [-0.05, 0) is 30.2 Å². The topological polar surface area (TPSA) is 85.4 Å². The summed E-state index contributed by atoms with van der Waals surface area (Å²) >= 11 is 0. The van der Waals surface area contributed by atoms with E-state index in [9.17, 15) is 0 Å². The van der Waals surface area contributed by atoms with Gasteiger partial charge < -0.3 is 5.73 Å². The second-order valence-electron chi connectivity index (χ2n) is 5.95. The molecular formula is C18H18N6. The molecule has 2 aromatic carbocycles. The zero-order chi connectivity index (χ0) is 16.4. The van der Waals surface area contributed by atoms with Crippen molar-refractivity contribution in [2.45, 2.75) is 18.9 Å². The van der Waals surface area contributed by atoms with Crippen molar-refractivity contribution < 1.29 is 0 Å². The lowest BCUT2D eigenvalue weighted by atomic mass is 10.0. The van der Waals surface area contributed by atoms with Crippen molar-refractivity contribution in [2.24, 2.45) is 5.73 Å². The first kappa shape index (κ1) is 14.6. The van der Waals surface area contributed by atoms with Crippen molar-refractivity contribution in [1.29, 1.82) is 0 Å². The Labute approximate surface area is 139 Å². The lowest BCUT2D eigenvalue weighted by Gasteiger charge is -2.09. The van der Waals surface area contributed by atoms with Gasteiger partial charge in [0.1, 0.15) is 0 Å². The first-order chi connectivity index (χ1) is 11.8. The summed E-state index contributed by atoms with van der Waals surface area (Å²) in [5, 5.41) is 16.5. The third-order valence-electron chi connectivity index (χ3n) is 4.04. The maximum absolute atomic E-state index is 6.26. The van der Waals surface area contributed by atoms with Gasteiger partial charge in [0, 0.05) is 17.8 Å². The second-order valence-corrected chi connectivity index (χ2v) is 5.95. The van der Waals surface area contributed by atoms with Crippen LogP contribution in [-0.2, 0) is 12.8 Å². The Hall–Kier alpha value is -2.99. The molecular weight excluding hydrogens is 300 g/mol. The number of nitrogens with two attached hydrogens (primary N) is 1. The predicted octanol–water partition coefficient (Wildman–Crippen LogP) is 2.26. The molecule has 6 heteroatoms. The molecule has 2 heterocycles. The Balaban J connectivity index is 1.48. The number of fused-ring (bicyclic) bond motifs is 1. The Kier molecular flexibility index (Phi) is 3.80. The number of H-pyrrole nitrogens is 1. The number of nitrogens with one attached hydrogen (secondary N) is 1. The maximum atomic E-state index is 6.26. The van der Waals surface area contributed by atoms with Crippen LogP contribution < -0.4 is 5.73 Å². The normalized spacial score (nSPS) is 12.5. The van der Waals surface area contributed by atoms with Crippen LogP contribution in [-0.4, -0.2) is 31.2 Å². The first-order valence-corrected chi connectivity index (χ1v) is 7.92. The van der Waals surface area contributed by atoms with E-state index in [1.54, 1.807) is 10.9 Å². The Bertz CT molecular complexity index is 940. The summed E-state index contributed by atoms with van der Waals surface area (Å²) in [6.45, 7) is 0. The molecule has 1 unspecified atom stereocenters. The number of aromatic nitrogens is 5. The molecule has 0 bridgehead atoms. The van der Waals surface area contributed by atoms with Gasteiger partial charge in [-0.3, -0.25) is 5.10 Å². The zero-order valence-electron chi connectivity index (χ0n) is 13.1. The van der Waals surface area contributed by atoms with Gasteiger partial charge in [0.05, 0.1) is 29.3 Å². The van der Waals surface area contributed by atoms with Crippen molar-refractivity contribution in [2.75, 3.05) is 0 Å². The van der Waals surface area contributed by atoms with E-state index in [2.05, 4.69) is 32.6 Å². The van der Waals surface area contributed by atoms with Gasteiger partial charge in [0.25, 0.3) is 0 Å². The number of aromatic amines is 1. The number of benzene rings is 2. The largest absolute Gasteiger partial charge is 0.327 e. The maximum Gasteiger partial charge on any atom is 0.0847 e. The van der Waals surface area contributed by atoms with Crippen molar-refractivity contribution in [3.63, 3.8) is 0 Å². The van der Waals surface area contributed by atoms with Crippen molar-refractivity contribution in [1.82, 2.24) is 25.2 Å². The van der Waals surface area contributed by atoms with Gasteiger partial charge in [-0.1, -0.05) is 35.5 Å². The molecule has 120 valence electrons. The third-order valence-corrected chi connectivity index (χ3v) is 4.04. The first-order valence-electron chi connectivity index (χ1n) is 7.92. The third kappa shape index (κ3) is 3.04. The smallest absolute Gasteiger partial charge is 0.0847 e. The Morgan fingerprint density at radius 2 is 1.96 bits per heavy atom. The molecule has 0 radical (unpaired) electrons. The molecule has 0 saturated heterocycles. The van der Waals surface area contributed by atoms with Gasteiger partial charge in [-0.2, -0.15) is 5.10 Å². The van der Waals surface area contributed by atoms with Gasteiger partial charge in [0.2, 0.25) is 0 Å². The molecule has 3 N–H and O–H groups in total. The predicted molar refractivity (Wildman–Crippen MR) is 92.8 cm³/mol. The quantitative estimate of drug-likeness (QED) is 0.591. The summed E-state index contributed by atoms with van der Waals surface area (Å²) in [6, 6.07) is 16.3. The van der Waals surface area contributed by atoms with Crippen LogP contribution in [0.25, 0.3) is 16.6 Å². The lowest BCUT2D eigenvalue weighted by Crippen LogP contribution is -2.25. The Morgan fingerprint density at radius 1 is 1.08 bits per heavy atom. The molecule has 4 rings (SSSR count). The van der Waals surface area contributed by atoms with E-state index in [1.165, 1.54) is 5.56 Å². The number of hydrogen-bond donors (Lipinski definition) is 2. The minimum atomic E-state index is 0.0221. The van der Waals surface area contributed by atoms with Gasteiger partial charge in [-0.15, -0.1) is 5.10 Å². The van der Waals surface area contributed by atoms with Crippen LogP contribution in [0, 0.1) is 0 Å². The molecule has 0 saturated carbocycles.